The Morgan fingerprint density at radius 1 is 0.882 bits per heavy atom. The lowest BCUT2D eigenvalue weighted by atomic mass is 9.79. The van der Waals surface area contributed by atoms with Crippen LogP contribution in [0.4, 0.5) is 0 Å². The van der Waals surface area contributed by atoms with Crippen molar-refractivity contribution < 1.29 is 23.4 Å². The highest BCUT2D eigenvalue weighted by Gasteiger charge is 2.50. The number of hydrogen-bond acceptors (Lipinski definition) is 5. The fraction of sp³-hybridized carbons (Fsp3) is 0.523. The van der Waals surface area contributed by atoms with Crippen LogP contribution in [0.5, 0.6) is 5.75 Å². The van der Waals surface area contributed by atoms with E-state index in [0.717, 1.165) is 42.6 Å². The van der Waals surface area contributed by atoms with Crippen molar-refractivity contribution in [3.8, 4) is 5.75 Å². The Bertz CT molecular complexity index is 1490. The van der Waals surface area contributed by atoms with Crippen LogP contribution in [0.1, 0.15) is 79.7 Å². The summed E-state index contributed by atoms with van der Waals surface area (Å²) in [6.45, 7) is 21.4. The number of rotatable bonds is 17. The Kier molecular flexibility index (Phi) is 14.3. The number of methoxy groups -OCH3 is 2. The highest BCUT2D eigenvalue weighted by Crippen LogP contribution is 2.38. The van der Waals surface area contributed by atoms with Crippen molar-refractivity contribution in [2.24, 2.45) is 11.8 Å². The van der Waals surface area contributed by atoms with Crippen LogP contribution in [0.2, 0.25) is 5.04 Å². The van der Waals surface area contributed by atoms with Crippen LogP contribution in [0.25, 0.3) is 0 Å². The Morgan fingerprint density at radius 3 is 2.04 bits per heavy atom. The van der Waals surface area contributed by atoms with Crippen LogP contribution < -0.4 is 15.1 Å². The molecule has 1 aliphatic heterocycles. The largest absolute Gasteiger partial charge is 0.497 e. The summed E-state index contributed by atoms with van der Waals surface area (Å²) in [6, 6.07) is 29.7. The lowest BCUT2D eigenvalue weighted by Crippen LogP contribution is -2.66. The summed E-state index contributed by atoms with van der Waals surface area (Å²) in [7, 11) is 0.733. The summed E-state index contributed by atoms with van der Waals surface area (Å²) in [5.41, 5.74) is 1.90. The van der Waals surface area contributed by atoms with Crippen LogP contribution >= 0.6 is 0 Å². The number of carbonyl (C=O) groups is 1. The van der Waals surface area contributed by atoms with Gasteiger partial charge in [-0.3, -0.25) is 4.79 Å². The SMILES string of the molecule is C=C(C)[C@H](CCCO[Si](c1ccccc1)(c1ccccc1)C(C)(C)C)[C@@H](CCc1cccc(OC)c1)C(=O)N1C[C@H](OC(C)(C)C)C[C@H]1COC. The van der Waals surface area contributed by atoms with Crippen molar-refractivity contribution >= 4 is 24.6 Å². The summed E-state index contributed by atoms with van der Waals surface area (Å²) in [5.74, 6) is 0.751. The van der Waals surface area contributed by atoms with Crippen molar-refractivity contribution in [1.29, 1.82) is 0 Å². The zero-order valence-corrected chi connectivity index (χ0v) is 33.7. The number of allylic oxidation sites excluding steroid dienone is 1. The van der Waals surface area contributed by atoms with E-state index in [-0.39, 0.29) is 40.5 Å². The number of aryl methyl sites for hydroxylation is 1. The Morgan fingerprint density at radius 2 is 1.51 bits per heavy atom. The molecule has 0 saturated carbocycles. The number of amides is 1. The van der Waals surface area contributed by atoms with Crippen molar-refractivity contribution in [3.05, 3.63) is 103 Å². The monoisotopic (exact) mass is 713 g/mol. The third-order valence-corrected chi connectivity index (χ3v) is 15.3. The molecule has 7 heteroatoms. The minimum atomic E-state index is -2.67. The van der Waals surface area contributed by atoms with Gasteiger partial charge in [-0.1, -0.05) is 106 Å². The summed E-state index contributed by atoms with van der Waals surface area (Å²) in [4.78, 5) is 16.9. The fourth-order valence-electron chi connectivity index (χ4n) is 8.02. The summed E-state index contributed by atoms with van der Waals surface area (Å²) < 4.78 is 24.9. The lowest BCUT2D eigenvalue weighted by Gasteiger charge is -2.43. The second-order valence-corrected chi connectivity index (χ2v) is 20.6. The predicted octanol–water partition coefficient (Wildman–Crippen LogP) is 8.22. The van der Waals surface area contributed by atoms with E-state index in [1.165, 1.54) is 10.4 Å². The van der Waals surface area contributed by atoms with Crippen LogP contribution in [-0.4, -0.2) is 70.8 Å². The van der Waals surface area contributed by atoms with Gasteiger partial charge in [0.15, 0.2) is 0 Å². The van der Waals surface area contributed by atoms with Crippen molar-refractivity contribution in [2.75, 3.05) is 34.0 Å². The van der Waals surface area contributed by atoms with E-state index >= 15 is 0 Å². The van der Waals surface area contributed by atoms with E-state index in [1.807, 2.05) is 17.0 Å². The van der Waals surface area contributed by atoms with E-state index < -0.39 is 8.32 Å². The van der Waals surface area contributed by atoms with Gasteiger partial charge in [-0.15, -0.1) is 0 Å². The maximum Gasteiger partial charge on any atom is 0.261 e. The van der Waals surface area contributed by atoms with Gasteiger partial charge in [0, 0.05) is 26.2 Å². The average molecular weight is 714 g/mol. The van der Waals surface area contributed by atoms with E-state index in [4.69, 9.17) is 18.6 Å². The molecule has 4 atom stereocenters. The third kappa shape index (κ3) is 10.4. The molecule has 0 spiro atoms. The molecule has 0 N–H and O–H groups in total. The molecule has 1 saturated heterocycles. The molecule has 278 valence electrons. The van der Waals surface area contributed by atoms with E-state index in [1.54, 1.807) is 14.2 Å². The molecule has 1 heterocycles. The van der Waals surface area contributed by atoms with Crippen LogP contribution in [-0.2, 0) is 25.1 Å². The van der Waals surface area contributed by atoms with E-state index in [0.29, 0.717) is 26.2 Å². The molecule has 1 amide bonds. The highest BCUT2D eigenvalue weighted by molar-refractivity contribution is 6.99. The molecule has 0 aliphatic carbocycles. The normalized spacial score (nSPS) is 18.0. The second-order valence-electron chi connectivity index (χ2n) is 16.3. The van der Waals surface area contributed by atoms with Gasteiger partial charge in [-0.05, 0) is 98.8 Å². The van der Waals surface area contributed by atoms with Gasteiger partial charge in [-0.2, -0.15) is 0 Å². The number of benzene rings is 3. The molecule has 51 heavy (non-hydrogen) atoms. The first kappa shape index (κ1) is 40.5. The van der Waals surface area contributed by atoms with Gasteiger partial charge < -0.3 is 23.5 Å². The highest BCUT2D eigenvalue weighted by atomic mass is 28.4. The number of ether oxygens (including phenoxy) is 3. The Labute approximate surface area is 309 Å². The number of likely N-dealkylation sites (tertiary alicyclic amines) is 1. The van der Waals surface area contributed by atoms with Gasteiger partial charge in [-0.25, -0.2) is 0 Å². The Balaban J connectivity index is 1.61. The molecule has 3 aromatic carbocycles. The van der Waals surface area contributed by atoms with Gasteiger partial charge in [0.1, 0.15) is 5.75 Å². The van der Waals surface area contributed by atoms with Gasteiger partial charge in [0.25, 0.3) is 8.32 Å². The summed E-state index contributed by atoms with van der Waals surface area (Å²) in [6.07, 6.45) is 3.84. The number of nitrogens with zero attached hydrogens (tertiary/aromatic N) is 1. The zero-order valence-electron chi connectivity index (χ0n) is 32.7. The number of hydrogen-bond donors (Lipinski definition) is 0. The molecule has 6 nitrogen and oxygen atoms in total. The molecule has 0 aromatic heterocycles. The molecule has 3 aromatic rings. The lowest BCUT2D eigenvalue weighted by molar-refractivity contribution is -0.140. The first-order valence-corrected chi connectivity index (χ1v) is 20.6. The minimum Gasteiger partial charge on any atom is -0.497 e. The van der Waals surface area contributed by atoms with Gasteiger partial charge in [0.2, 0.25) is 5.91 Å². The van der Waals surface area contributed by atoms with Gasteiger partial charge >= 0.3 is 0 Å². The first-order chi connectivity index (χ1) is 24.2. The Hall–Kier alpha value is -3.23. The standard InChI is InChI=1S/C44H63NO5Si/c1-33(2)40(25-18-28-49-51(44(6,7)8,38-21-13-11-14-22-38)39-23-15-12-16-24-39)41(27-26-34-19-17-20-36(29-34)48-10)42(46)45-31-37(50-43(3,4)5)30-35(45)32-47-9/h11-17,19-24,29,35,37,40-41H,1,18,25-28,30-32H2,2-10H3/t35-,37+,40-,41+/m0/s1. The van der Waals surface area contributed by atoms with Crippen LogP contribution in [0.3, 0.4) is 0 Å². The molecule has 0 radical (unpaired) electrons. The quantitative estimate of drug-likeness (QED) is 0.0802. The van der Waals surface area contributed by atoms with E-state index in [2.05, 4.69) is 128 Å². The van der Waals surface area contributed by atoms with E-state index in [9.17, 15) is 4.79 Å². The molecule has 0 unspecified atom stereocenters. The smallest absolute Gasteiger partial charge is 0.261 e. The third-order valence-electron chi connectivity index (χ3n) is 10.2. The number of carbonyl (C=O) groups excluding carboxylic acids is 1. The van der Waals surface area contributed by atoms with Crippen LogP contribution in [0, 0.1) is 11.8 Å². The maximum absolute atomic E-state index is 14.9. The molecule has 1 fully saturated rings. The molecule has 1 aliphatic rings. The van der Waals surface area contributed by atoms with Crippen molar-refractivity contribution in [3.63, 3.8) is 0 Å². The van der Waals surface area contributed by atoms with Crippen molar-refractivity contribution in [2.45, 2.75) is 103 Å². The molecular formula is C44H63NO5Si. The second kappa shape index (κ2) is 18.0. The predicted molar refractivity (Wildman–Crippen MR) is 213 cm³/mol. The average Bonchev–Trinajstić information content (AvgIpc) is 3.48. The zero-order chi connectivity index (χ0) is 37.2. The topological polar surface area (TPSA) is 57.2 Å². The molecule has 4 rings (SSSR count). The van der Waals surface area contributed by atoms with Crippen molar-refractivity contribution in [1.82, 2.24) is 4.90 Å². The first-order valence-electron chi connectivity index (χ1n) is 18.7. The molecular weight excluding hydrogens is 651 g/mol. The minimum absolute atomic E-state index is 0.00311. The fourth-order valence-corrected chi connectivity index (χ4v) is 12.6. The van der Waals surface area contributed by atoms with Crippen LogP contribution in [0.15, 0.2) is 97.1 Å². The summed E-state index contributed by atoms with van der Waals surface area (Å²) in [5, 5.41) is 2.45. The maximum atomic E-state index is 14.9. The summed E-state index contributed by atoms with van der Waals surface area (Å²) >= 11 is 0. The molecule has 0 bridgehead atoms. The van der Waals surface area contributed by atoms with Gasteiger partial charge in [0.05, 0.1) is 31.5 Å².